The molecule has 0 aliphatic heterocycles. The molecule has 3 N–H and O–H groups in total. The summed E-state index contributed by atoms with van der Waals surface area (Å²) in [5.74, 6) is 0.133. The maximum absolute atomic E-state index is 11.8. The molecule has 0 radical (unpaired) electrons. The summed E-state index contributed by atoms with van der Waals surface area (Å²) in [5, 5.41) is 2.66. The molecule has 0 saturated heterocycles. The van der Waals surface area contributed by atoms with E-state index in [9.17, 15) is 4.79 Å². The van der Waals surface area contributed by atoms with E-state index in [-0.39, 0.29) is 5.91 Å². The van der Waals surface area contributed by atoms with Crippen molar-refractivity contribution >= 4 is 33.3 Å². The number of benzene rings is 1. The standard InChI is InChI=1S/C12H10BrN3O/c13-9-6-10(14)11(15-7-9)16-12(17)8-4-2-1-3-5-8/h1-7H,14H2,(H,15,16,17). The van der Waals surface area contributed by atoms with Gasteiger partial charge in [-0.25, -0.2) is 4.98 Å². The van der Waals surface area contributed by atoms with E-state index < -0.39 is 0 Å². The third-order valence-electron chi connectivity index (χ3n) is 2.15. The highest BCUT2D eigenvalue weighted by Gasteiger charge is 2.08. The number of carbonyl (C=O) groups excluding carboxylic acids is 1. The molecule has 1 amide bonds. The van der Waals surface area contributed by atoms with Gasteiger partial charge in [-0.3, -0.25) is 4.79 Å². The molecule has 0 aliphatic carbocycles. The Morgan fingerprint density at radius 2 is 2.00 bits per heavy atom. The first-order chi connectivity index (χ1) is 8.16. The van der Waals surface area contributed by atoms with Crippen LogP contribution in [0, 0.1) is 0 Å². The molecule has 1 aromatic carbocycles. The lowest BCUT2D eigenvalue weighted by Crippen LogP contribution is -2.14. The third-order valence-corrected chi connectivity index (χ3v) is 2.59. The lowest BCUT2D eigenvalue weighted by molar-refractivity contribution is 0.102. The van der Waals surface area contributed by atoms with Crippen molar-refractivity contribution in [3.05, 3.63) is 52.6 Å². The predicted octanol–water partition coefficient (Wildman–Crippen LogP) is 2.68. The molecule has 0 aliphatic rings. The highest BCUT2D eigenvalue weighted by Crippen LogP contribution is 2.20. The summed E-state index contributed by atoms with van der Waals surface area (Å²) in [7, 11) is 0. The van der Waals surface area contributed by atoms with E-state index in [1.54, 1.807) is 36.5 Å². The fourth-order valence-electron chi connectivity index (χ4n) is 1.33. The van der Waals surface area contributed by atoms with Crippen molar-refractivity contribution in [2.75, 3.05) is 11.1 Å². The second kappa shape index (κ2) is 4.97. The van der Waals surface area contributed by atoms with Crippen molar-refractivity contribution < 1.29 is 4.79 Å². The molecular weight excluding hydrogens is 282 g/mol. The molecule has 86 valence electrons. The van der Waals surface area contributed by atoms with Crippen LogP contribution in [-0.4, -0.2) is 10.9 Å². The van der Waals surface area contributed by atoms with Gasteiger partial charge in [-0.2, -0.15) is 0 Å². The van der Waals surface area contributed by atoms with Crippen LogP contribution < -0.4 is 11.1 Å². The topological polar surface area (TPSA) is 68.0 Å². The number of amides is 1. The SMILES string of the molecule is Nc1cc(Br)cnc1NC(=O)c1ccccc1. The number of carbonyl (C=O) groups is 1. The molecule has 4 nitrogen and oxygen atoms in total. The largest absolute Gasteiger partial charge is 0.396 e. The van der Waals surface area contributed by atoms with Crippen molar-refractivity contribution in [3.63, 3.8) is 0 Å². The van der Waals surface area contributed by atoms with E-state index in [1.165, 1.54) is 0 Å². The zero-order chi connectivity index (χ0) is 12.3. The summed E-state index contributed by atoms with van der Waals surface area (Å²) in [6.45, 7) is 0. The number of nitrogens with zero attached hydrogens (tertiary/aromatic N) is 1. The van der Waals surface area contributed by atoms with Crippen LogP contribution in [0.1, 0.15) is 10.4 Å². The van der Waals surface area contributed by atoms with E-state index >= 15 is 0 Å². The molecule has 0 fully saturated rings. The van der Waals surface area contributed by atoms with Crippen LogP contribution in [0.15, 0.2) is 47.1 Å². The van der Waals surface area contributed by atoms with Crippen LogP contribution in [0.5, 0.6) is 0 Å². The van der Waals surface area contributed by atoms with E-state index in [4.69, 9.17) is 5.73 Å². The second-order valence-corrected chi connectivity index (χ2v) is 4.33. The summed E-state index contributed by atoms with van der Waals surface area (Å²) in [4.78, 5) is 15.9. The van der Waals surface area contributed by atoms with Crippen molar-refractivity contribution in [1.82, 2.24) is 4.98 Å². The molecular formula is C12H10BrN3O. The van der Waals surface area contributed by atoms with Gasteiger partial charge in [0.2, 0.25) is 0 Å². The minimum Gasteiger partial charge on any atom is -0.396 e. The number of anilines is 2. The van der Waals surface area contributed by atoms with Crippen LogP contribution >= 0.6 is 15.9 Å². The zero-order valence-electron chi connectivity index (χ0n) is 8.85. The Bertz CT molecular complexity index is 543. The summed E-state index contributed by atoms with van der Waals surface area (Å²) in [6, 6.07) is 10.6. The van der Waals surface area contributed by atoms with Gasteiger partial charge in [0.15, 0.2) is 5.82 Å². The maximum Gasteiger partial charge on any atom is 0.256 e. The molecule has 1 aromatic heterocycles. The summed E-state index contributed by atoms with van der Waals surface area (Å²) in [5.41, 5.74) is 6.73. The molecule has 0 atom stereocenters. The number of nitrogens with two attached hydrogens (primary N) is 1. The first-order valence-electron chi connectivity index (χ1n) is 4.94. The summed E-state index contributed by atoms with van der Waals surface area (Å²) < 4.78 is 0.771. The van der Waals surface area contributed by atoms with Crippen LogP contribution in [0.3, 0.4) is 0 Å². The molecule has 0 spiro atoms. The summed E-state index contributed by atoms with van der Waals surface area (Å²) in [6.07, 6.45) is 1.58. The Kier molecular flexibility index (Phi) is 3.39. The molecule has 5 heteroatoms. The normalized spacial score (nSPS) is 9.94. The molecule has 0 unspecified atom stereocenters. The highest BCUT2D eigenvalue weighted by molar-refractivity contribution is 9.10. The lowest BCUT2D eigenvalue weighted by atomic mass is 10.2. The number of aromatic nitrogens is 1. The number of hydrogen-bond acceptors (Lipinski definition) is 3. The average molecular weight is 292 g/mol. The van der Waals surface area contributed by atoms with Gasteiger partial charge in [0.05, 0.1) is 5.69 Å². The van der Waals surface area contributed by atoms with Gasteiger partial charge in [-0.1, -0.05) is 18.2 Å². The van der Waals surface area contributed by atoms with Gasteiger partial charge in [-0.05, 0) is 34.1 Å². The van der Waals surface area contributed by atoms with E-state index in [2.05, 4.69) is 26.2 Å². The summed E-state index contributed by atoms with van der Waals surface area (Å²) >= 11 is 3.25. The lowest BCUT2D eigenvalue weighted by Gasteiger charge is -2.07. The van der Waals surface area contributed by atoms with Gasteiger partial charge < -0.3 is 11.1 Å². The molecule has 1 heterocycles. The Hall–Kier alpha value is -1.88. The van der Waals surface area contributed by atoms with Crippen molar-refractivity contribution in [3.8, 4) is 0 Å². The number of rotatable bonds is 2. The molecule has 2 rings (SSSR count). The molecule has 17 heavy (non-hydrogen) atoms. The van der Waals surface area contributed by atoms with Gasteiger partial charge in [0, 0.05) is 16.2 Å². The third kappa shape index (κ3) is 2.82. The average Bonchev–Trinajstić information content (AvgIpc) is 2.34. The van der Waals surface area contributed by atoms with Crippen molar-refractivity contribution in [2.24, 2.45) is 0 Å². The smallest absolute Gasteiger partial charge is 0.256 e. The number of halogens is 1. The zero-order valence-corrected chi connectivity index (χ0v) is 10.4. The Morgan fingerprint density at radius 3 is 2.65 bits per heavy atom. The second-order valence-electron chi connectivity index (χ2n) is 3.41. The fourth-order valence-corrected chi connectivity index (χ4v) is 1.68. The Balaban J connectivity index is 2.19. The Labute approximate surface area is 107 Å². The quantitative estimate of drug-likeness (QED) is 0.894. The Morgan fingerprint density at radius 1 is 1.29 bits per heavy atom. The minimum atomic E-state index is -0.230. The van der Waals surface area contributed by atoms with Gasteiger partial charge in [0.25, 0.3) is 5.91 Å². The first-order valence-corrected chi connectivity index (χ1v) is 5.73. The fraction of sp³-hybridized carbons (Fsp3) is 0. The van der Waals surface area contributed by atoms with Gasteiger partial charge in [-0.15, -0.1) is 0 Å². The predicted molar refractivity (Wildman–Crippen MR) is 70.7 cm³/mol. The van der Waals surface area contributed by atoms with Crippen molar-refractivity contribution in [2.45, 2.75) is 0 Å². The number of hydrogen-bond donors (Lipinski definition) is 2. The van der Waals surface area contributed by atoms with Gasteiger partial charge >= 0.3 is 0 Å². The number of nitrogens with one attached hydrogen (secondary N) is 1. The van der Waals surface area contributed by atoms with Crippen molar-refractivity contribution in [1.29, 1.82) is 0 Å². The minimum absolute atomic E-state index is 0.230. The number of nitrogen functional groups attached to an aromatic ring is 1. The monoisotopic (exact) mass is 291 g/mol. The highest BCUT2D eigenvalue weighted by atomic mass is 79.9. The van der Waals surface area contributed by atoms with E-state index in [1.807, 2.05) is 6.07 Å². The maximum atomic E-state index is 11.8. The van der Waals surface area contributed by atoms with Crippen LogP contribution in [-0.2, 0) is 0 Å². The number of pyridine rings is 1. The van der Waals surface area contributed by atoms with E-state index in [0.29, 0.717) is 17.1 Å². The molecule has 2 aromatic rings. The van der Waals surface area contributed by atoms with Crippen LogP contribution in [0.2, 0.25) is 0 Å². The molecule has 0 bridgehead atoms. The van der Waals surface area contributed by atoms with Crippen LogP contribution in [0.25, 0.3) is 0 Å². The first kappa shape index (κ1) is 11.6. The van der Waals surface area contributed by atoms with Gasteiger partial charge in [0.1, 0.15) is 0 Å². The molecule has 0 saturated carbocycles. The van der Waals surface area contributed by atoms with Crippen LogP contribution in [0.4, 0.5) is 11.5 Å². The van der Waals surface area contributed by atoms with E-state index in [0.717, 1.165) is 4.47 Å².